The first-order valence-electron chi connectivity index (χ1n) is 7.05. The maximum absolute atomic E-state index is 12.7. The van der Waals surface area contributed by atoms with Crippen molar-refractivity contribution in [1.82, 2.24) is 10.6 Å². The van der Waals surface area contributed by atoms with Crippen molar-refractivity contribution in [1.29, 1.82) is 0 Å². The molecule has 1 unspecified atom stereocenters. The number of amides is 2. The first-order chi connectivity index (χ1) is 9.99. The van der Waals surface area contributed by atoms with Gasteiger partial charge in [-0.05, 0) is 44.0 Å². The van der Waals surface area contributed by atoms with Crippen LogP contribution in [-0.2, 0) is 4.79 Å². The lowest BCUT2D eigenvalue weighted by Crippen LogP contribution is -2.30. The number of carbonyl (C=O) groups is 2. The van der Waals surface area contributed by atoms with Crippen molar-refractivity contribution in [3.8, 4) is 0 Å². The van der Waals surface area contributed by atoms with Gasteiger partial charge in [0.15, 0.2) is 0 Å². The molecule has 0 radical (unpaired) electrons. The molecule has 21 heavy (non-hydrogen) atoms. The Bertz CT molecular complexity index is 460. The fourth-order valence-corrected chi connectivity index (χ4v) is 1.68. The average Bonchev–Trinajstić information content (AvgIpc) is 2.43. The second kappa shape index (κ2) is 9.07. The number of carbonyl (C=O) groups excluding carboxylic acids is 2. The Morgan fingerprint density at radius 1 is 1.19 bits per heavy atom. The highest BCUT2D eigenvalue weighted by atomic mass is 19.1. The number of nitrogens with two attached hydrogens (primary N) is 1. The summed E-state index contributed by atoms with van der Waals surface area (Å²) >= 11 is 0. The molecule has 1 rings (SSSR count). The van der Waals surface area contributed by atoms with Crippen LogP contribution < -0.4 is 16.4 Å². The standard InChI is InChI=1S/C15H22FN3O2/c1-11(17)8-10-18-14(20)3-2-9-19-15(21)12-4-6-13(16)7-5-12/h4-7,11H,2-3,8-10,17H2,1H3,(H,18,20)(H,19,21). The van der Waals surface area contributed by atoms with E-state index in [1.807, 2.05) is 6.92 Å². The van der Waals surface area contributed by atoms with Crippen molar-refractivity contribution < 1.29 is 14.0 Å². The molecule has 116 valence electrons. The first-order valence-corrected chi connectivity index (χ1v) is 7.05. The summed E-state index contributed by atoms with van der Waals surface area (Å²) in [6.45, 7) is 2.85. The molecular weight excluding hydrogens is 273 g/mol. The van der Waals surface area contributed by atoms with E-state index >= 15 is 0 Å². The summed E-state index contributed by atoms with van der Waals surface area (Å²) in [4.78, 5) is 23.2. The molecule has 1 aromatic rings. The van der Waals surface area contributed by atoms with E-state index in [-0.39, 0.29) is 23.7 Å². The van der Waals surface area contributed by atoms with Gasteiger partial charge < -0.3 is 16.4 Å². The molecule has 1 atom stereocenters. The molecule has 1 aromatic carbocycles. The zero-order chi connectivity index (χ0) is 15.7. The summed E-state index contributed by atoms with van der Waals surface area (Å²) in [5, 5.41) is 5.45. The van der Waals surface area contributed by atoms with Crippen LogP contribution in [0.1, 0.15) is 36.5 Å². The second-order valence-corrected chi connectivity index (χ2v) is 4.98. The summed E-state index contributed by atoms with van der Waals surface area (Å²) < 4.78 is 12.7. The van der Waals surface area contributed by atoms with Crippen molar-refractivity contribution in [3.63, 3.8) is 0 Å². The third-order valence-corrected chi connectivity index (χ3v) is 2.89. The van der Waals surface area contributed by atoms with Crippen LogP contribution in [0.25, 0.3) is 0 Å². The normalized spacial score (nSPS) is 11.8. The van der Waals surface area contributed by atoms with E-state index < -0.39 is 0 Å². The van der Waals surface area contributed by atoms with E-state index in [9.17, 15) is 14.0 Å². The Morgan fingerprint density at radius 3 is 2.48 bits per heavy atom. The fourth-order valence-electron chi connectivity index (χ4n) is 1.68. The van der Waals surface area contributed by atoms with Gasteiger partial charge in [-0.3, -0.25) is 9.59 Å². The molecule has 0 aliphatic carbocycles. The molecule has 0 fully saturated rings. The van der Waals surface area contributed by atoms with Crippen molar-refractivity contribution in [3.05, 3.63) is 35.6 Å². The van der Waals surface area contributed by atoms with Crippen LogP contribution in [0.5, 0.6) is 0 Å². The Labute approximate surface area is 124 Å². The predicted molar refractivity (Wildman–Crippen MR) is 79.2 cm³/mol. The van der Waals surface area contributed by atoms with E-state index in [4.69, 9.17) is 5.73 Å². The molecule has 0 aliphatic rings. The molecule has 0 spiro atoms. The van der Waals surface area contributed by atoms with Gasteiger partial charge in [-0.25, -0.2) is 4.39 Å². The minimum absolute atomic E-state index is 0.0494. The summed E-state index contributed by atoms with van der Waals surface area (Å²) in [5.41, 5.74) is 5.98. The van der Waals surface area contributed by atoms with Gasteiger partial charge in [-0.1, -0.05) is 0 Å². The van der Waals surface area contributed by atoms with Crippen molar-refractivity contribution in [2.24, 2.45) is 5.73 Å². The van der Waals surface area contributed by atoms with Crippen LogP contribution in [0, 0.1) is 5.82 Å². The van der Waals surface area contributed by atoms with Gasteiger partial charge in [0.2, 0.25) is 5.91 Å². The zero-order valence-corrected chi connectivity index (χ0v) is 12.2. The fraction of sp³-hybridized carbons (Fsp3) is 0.467. The van der Waals surface area contributed by atoms with E-state index in [2.05, 4.69) is 10.6 Å². The van der Waals surface area contributed by atoms with Crippen LogP contribution >= 0.6 is 0 Å². The van der Waals surface area contributed by atoms with Gasteiger partial charge >= 0.3 is 0 Å². The molecular formula is C15H22FN3O2. The Balaban J connectivity index is 2.14. The van der Waals surface area contributed by atoms with Crippen molar-refractivity contribution >= 4 is 11.8 Å². The van der Waals surface area contributed by atoms with E-state index in [1.54, 1.807) is 0 Å². The molecule has 0 bridgehead atoms. The monoisotopic (exact) mass is 295 g/mol. The maximum atomic E-state index is 12.7. The molecule has 0 aromatic heterocycles. The number of rotatable bonds is 8. The molecule has 4 N–H and O–H groups in total. The highest BCUT2D eigenvalue weighted by molar-refractivity contribution is 5.94. The van der Waals surface area contributed by atoms with Gasteiger partial charge in [-0.15, -0.1) is 0 Å². The highest BCUT2D eigenvalue weighted by Crippen LogP contribution is 2.02. The lowest BCUT2D eigenvalue weighted by molar-refractivity contribution is -0.121. The van der Waals surface area contributed by atoms with Crippen LogP contribution in [0.15, 0.2) is 24.3 Å². The molecule has 0 heterocycles. The zero-order valence-electron chi connectivity index (χ0n) is 12.2. The molecule has 6 heteroatoms. The quantitative estimate of drug-likeness (QED) is 0.630. The average molecular weight is 295 g/mol. The van der Waals surface area contributed by atoms with E-state index in [1.165, 1.54) is 24.3 Å². The second-order valence-electron chi connectivity index (χ2n) is 4.98. The van der Waals surface area contributed by atoms with Crippen LogP contribution in [0.2, 0.25) is 0 Å². The Morgan fingerprint density at radius 2 is 1.86 bits per heavy atom. The van der Waals surface area contributed by atoms with Crippen molar-refractivity contribution in [2.45, 2.75) is 32.2 Å². The summed E-state index contributed by atoms with van der Waals surface area (Å²) in [6.07, 6.45) is 1.65. The van der Waals surface area contributed by atoms with Crippen LogP contribution in [0.3, 0.4) is 0 Å². The summed E-state index contributed by atoms with van der Waals surface area (Å²) in [7, 11) is 0. The van der Waals surface area contributed by atoms with Gasteiger partial charge in [0.05, 0.1) is 0 Å². The lowest BCUT2D eigenvalue weighted by Gasteiger charge is -2.08. The topological polar surface area (TPSA) is 84.2 Å². The summed E-state index contributed by atoms with van der Waals surface area (Å²) in [5.74, 6) is -0.700. The summed E-state index contributed by atoms with van der Waals surface area (Å²) in [6, 6.07) is 5.39. The number of hydrogen-bond donors (Lipinski definition) is 3. The molecule has 0 saturated heterocycles. The highest BCUT2D eigenvalue weighted by Gasteiger charge is 2.06. The first kappa shape index (κ1) is 17.1. The largest absolute Gasteiger partial charge is 0.356 e. The molecule has 0 saturated carbocycles. The molecule has 5 nitrogen and oxygen atoms in total. The minimum atomic E-state index is -0.380. The minimum Gasteiger partial charge on any atom is -0.356 e. The third kappa shape index (κ3) is 7.41. The number of nitrogens with one attached hydrogen (secondary N) is 2. The van der Waals surface area contributed by atoms with E-state index in [0.717, 1.165) is 6.42 Å². The SMILES string of the molecule is CC(N)CCNC(=O)CCCNC(=O)c1ccc(F)cc1. The Hall–Kier alpha value is -1.95. The van der Waals surface area contributed by atoms with Gasteiger partial charge in [0.25, 0.3) is 5.91 Å². The smallest absolute Gasteiger partial charge is 0.251 e. The molecule has 2 amide bonds. The predicted octanol–water partition coefficient (Wildman–Crippen LogP) is 1.19. The van der Waals surface area contributed by atoms with Crippen LogP contribution in [0.4, 0.5) is 4.39 Å². The third-order valence-electron chi connectivity index (χ3n) is 2.89. The van der Waals surface area contributed by atoms with Crippen molar-refractivity contribution in [2.75, 3.05) is 13.1 Å². The van der Waals surface area contributed by atoms with E-state index in [0.29, 0.717) is 31.5 Å². The van der Waals surface area contributed by atoms with Gasteiger partial charge in [0.1, 0.15) is 5.82 Å². The maximum Gasteiger partial charge on any atom is 0.251 e. The number of hydrogen-bond acceptors (Lipinski definition) is 3. The Kier molecular flexibility index (Phi) is 7.39. The van der Waals surface area contributed by atoms with Gasteiger partial charge in [-0.2, -0.15) is 0 Å². The molecule has 0 aliphatic heterocycles. The lowest BCUT2D eigenvalue weighted by atomic mass is 10.2. The van der Waals surface area contributed by atoms with Gasteiger partial charge in [0, 0.05) is 31.1 Å². The number of benzene rings is 1. The number of halogens is 1. The van der Waals surface area contributed by atoms with Crippen LogP contribution in [-0.4, -0.2) is 30.9 Å².